The van der Waals surface area contributed by atoms with Gasteiger partial charge in [-0.15, -0.1) is 0 Å². The number of hydrogen-bond acceptors (Lipinski definition) is 2. The minimum Gasteiger partial charge on any atom is -0.463 e. The molecule has 126 valence electrons. The van der Waals surface area contributed by atoms with E-state index in [4.69, 9.17) is 4.74 Å². The molecule has 0 heterocycles. The van der Waals surface area contributed by atoms with Crippen molar-refractivity contribution in [1.29, 1.82) is 0 Å². The quantitative estimate of drug-likeness (QED) is 0.257. The summed E-state index contributed by atoms with van der Waals surface area (Å²) < 4.78 is 5.45. The summed E-state index contributed by atoms with van der Waals surface area (Å²) in [6.45, 7) is 6.49. The number of esters is 1. The van der Waals surface area contributed by atoms with E-state index in [2.05, 4.69) is 13.8 Å². The van der Waals surface area contributed by atoms with Crippen LogP contribution in [0.4, 0.5) is 0 Å². The molecule has 0 aliphatic carbocycles. The lowest BCUT2D eigenvalue weighted by atomic mass is 10.1. The Labute approximate surface area is 133 Å². The molecule has 1 unspecified atom stereocenters. The summed E-state index contributed by atoms with van der Waals surface area (Å²) in [5.74, 6) is 0.00368. The largest absolute Gasteiger partial charge is 0.463 e. The zero-order valence-corrected chi connectivity index (χ0v) is 14.8. The van der Waals surface area contributed by atoms with Crippen molar-refractivity contribution < 1.29 is 9.53 Å². The van der Waals surface area contributed by atoms with Crippen molar-refractivity contribution in [3.63, 3.8) is 0 Å². The normalized spacial score (nSPS) is 12.3. The van der Waals surface area contributed by atoms with Gasteiger partial charge in [0, 0.05) is 6.42 Å². The van der Waals surface area contributed by atoms with E-state index in [1.807, 2.05) is 6.92 Å². The summed E-state index contributed by atoms with van der Waals surface area (Å²) in [5.41, 5.74) is 0. The fourth-order valence-corrected chi connectivity index (χ4v) is 2.60. The molecule has 21 heavy (non-hydrogen) atoms. The lowest BCUT2D eigenvalue weighted by Gasteiger charge is -2.13. The smallest absolute Gasteiger partial charge is 0.306 e. The maximum absolute atomic E-state index is 11.7. The molecular formula is C19H38O2. The van der Waals surface area contributed by atoms with Crippen molar-refractivity contribution in [1.82, 2.24) is 0 Å². The number of rotatable bonds is 15. The van der Waals surface area contributed by atoms with Crippen molar-refractivity contribution in [2.24, 2.45) is 0 Å². The first-order chi connectivity index (χ1) is 10.2. The number of hydrogen-bond donors (Lipinski definition) is 0. The molecule has 2 nitrogen and oxygen atoms in total. The van der Waals surface area contributed by atoms with E-state index in [0.717, 1.165) is 12.8 Å². The second-order valence-corrected chi connectivity index (χ2v) is 6.37. The number of ether oxygens (including phenoxy) is 1. The van der Waals surface area contributed by atoms with E-state index in [1.54, 1.807) is 0 Å². The minimum atomic E-state index is 0.00368. The van der Waals surface area contributed by atoms with Gasteiger partial charge in [0.15, 0.2) is 0 Å². The van der Waals surface area contributed by atoms with Crippen LogP contribution in [0.5, 0.6) is 0 Å². The van der Waals surface area contributed by atoms with E-state index in [1.165, 1.54) is 70.6 Å². The Bertz CT molecular complexity index is 226. The van der Waals surface area contributed by atoms with Crippen molar-refractivity contribution in [3.8, 4) is 0 Å². The third kappa shape index (κ3) is 15.7. The zero-order chi connectivity index (χ0) is 15.8. The van der Waals surface area contributed by atoms with E-state index in [9.17, 15) is 4.79 Å². The second kappa shape index (κ2) is 15.9. The zero-order valence-electron chi connectivity index (χ0n) is 14.8. The molecule has 0 aromatic rings. The summed E-state index contributed by atoms with van der Waals surface area (Å²) in [6.07, 6.45) is 16.9. The van der Waals surface area contributed by atoms with Gasteiger partial charge in [-0.05, 0) is 26.2 Å². The molecule has 0 aromatic carbocycles. The summed E-state index contributed by atoms with van der Waals surface area (Å²) >= 11 is 0. The topological polar surface area (TPSA) is 26.3 Å². The van der Waals surface area contributed by atoms with E-state index >= 15 is 0 Å². The molecule has 0 aliphatic rings. The monoisotopic (exact) mass is 298 g/mol. The summed E-state index contributed by atoms with van der Waals surface area (Å²) in [4.78, 5) is 11.7. The van der Waals surface area contributed by atoms with Crippen LogP contribution in [0.2, 0.25) is 0 Å². The first kappa shape index (κ1) is 20.5. The fraction of sp³-hybridized carbons (Fsp3) is 0.947. The SMILES string of the molecule is CCCCCCCCCCC(=O)OC(C)CCCCCC. The van der Waals surface area contributed by atoms with E-state index in [0.29, 0.717) is 6.42 Å². The Hall–Kier alpha value is -0.530. The molecule has 0 aliphatic heterocycles. The first-order valence-electron chi connectivity index (χ1n) is 9.40. The number of carbonyl (C=O) groups excluding carboxylic acids is 1. The highest BCUT2D eigenvalue weighted by Gasteiger charge is 2.08. The molecule has 0 amide bonds. The van der Waals surface area contributed by atoms with Gasteiger partial charge in [-0.25, -0.2) is 0 Å². The van der Waals surface area contributed by atoms with Gasteiger partial charge in [0.2, 0.25) is 0 Å². The molecule has 0 radical (unpaired) electrons. The summed E-state index contributed by atoms with van der Waals surface area (Å²) in [6, 6.07) is 0. The van der Waals surface area contributed by atoms with Crippen LogP contribution in [0.25, 0.3) is 0 Å². The molecular weight excluding hydrogens is 260 g/mol. The molecule has 0 fully saturated rings. The van der Waals surface area contributed by atoms with Gasteiger partial charge < -0.3 is 4.74 Å². The standard InChI is InChI=1S/C19H38O2/c1-4-6-8-10-11-12-13-15-17-19(20)21-18(3)16-14-9-7-5-2/h18H,4-17H2,1-3H3. The predicted octanol–water partition coefficient (Wildman–Crippen LogP) is 6.42. The van der Waals surface area contributed by atoms with Crippen LogP contribution in [0.15, 0.2) is 0 Å². The molecule has 1 atom stereocenters. The average molecular weight is 299 g/mol. The molecule has 0 saturated heterocycles. The van der Waals surface area contributed by atoms with Gasteiger partial charge in [0.1, 0.15) is 0 Å². The van der Waals surface area contributed by atoms with Crippen LogP contribution in [0.3, 0.4) is 0 Å². The van der Waals surface area contributed by atoms with Crippen LogP contribution >= 0.6 is 0 Å². The molecule has 0 aromatic heterocycles. The highest BCUT2D eigenvalue weighted by molar-refractivity contribution is 5.69. The highest BCUT2D eigenvalue weighted by Crippen LogP contribution is 2.12. The van der Waals surface area contributed by atoms with Crippen molar-refractivity contribution >= 4 is 5.97 Å². The van der Waals surface area contributed by atoms with Crippen molar-refractivity contribution in [2.75, 3.05) is 0 Å². The Kier molecular flexibility index (Phi) is 15.5. The van der Waals surface area contributed by atoms with E-state index in [-0.39, 0.29) is 12.1 Å². The number of carbonyl (C=O) groups is 1. The van der Waals surface area contributed by atoms with Crippen molar-refractivity contribution in [3.05, 3.63) is 0 Å². The van der Waals surface area contributed by atoms with Crippen LogP contribution in [-0.4, -0.2) is 12.1 Å². The van der Waals surface area contributed by atoms with Gasteiger partial charge in [0.25, 0.3) is 0 Å². The van der Waals surface area contributed by atoms with Gasteiger partial charge in [-0.1, -0.05) is 78.1 Å². The minimum absolute atomic E-state index is 0.00368. The lowest BCUT2D eigenvalue weighted by Crippen LogP contribution is -2.14. The Morgan fingerprint density at radius 2 is 1.24 bits per heavy atom. The first-order valence-corrected chi connectivity index (χ1v) is 9.40. The Morgan fingerprint density at radius 1 is 0.762 bits per heavy atom. The van der Waals surface area contributed by atoms with Crippen LogP contribution in [0, 0.1) is 0 Å². The number of unbranched alkanes of at least 4 members (excludes halogenated alkanes) is 10. The second-order valence-electron chi connectivity index (χ2n) is 6.37. The van der Waals surface area contributed by atoms with Gasteiger partial charge in [0.05, 0.1) is 6.10 Å². The summed E-state index contributed by atoms with van der Waals surface area (Å²) in [7, 11) is 0. The third-order valence-electron chi connectivity index (χ3n) is 4.03. The molecule has 0 rings (SSSR count). The fourth-order valence-electron chi connectivity index (χ4n) is 2.60. The summed E-state index contributed by atoms with van der Waals surface area (Å²) in [5, 5.41) is 0. The maximum atomic E-state index is 11.7. The molecule has 0 N–H and O–H groups in total. The van der Waals surface area contributed by atoms with Gasteiger partial charge >= 0.3 is 5.97 Å². The van der Waals surface area contributed by atoms with Crippen LogP contribution in [-0.2, 0) is 9.53 Å². The third-order valence-corrected chi connectivity index (χ3v) is 4.03. The molecule has 2 heteroatoms. The lowest BCUT2D eigenvalue weighted by molar-refractivity contribution is -0.148. The molecule has 0 saturated carbocycles. The Balaban J connectivity index is 3.32. The highest BCUT2D eigenvalue weighted by atomic mass is 16.5. The van der Waals surface area contributed by atoms with Crippen LogP contribution in [0.1, 0.15) is 111 Å². The molecule has 0 bridgehead atoms. The van der Waals surface area contributed by atoms with E-state index < -0.39 is 0 Å². The average Bonchev–Trinajstić information content (AvgIpc) is 2.46. The van der Waals surface area contributed by atoms with Crippen LogP contribution < -0.4 is 0 Å². The molecule has 0 spiro atoms. The van der Waals surface area contributed by atoms with Gasteiger partial charge in [-0.3, -0.25) is 4.79 Å². The maximum Gasteiger partial charge on any atom is 0.306 e. The van der Waals surface area contributed by atoms with Gasteiger partial charge in [-0.2, -0.15) is 0 Å². The Morgan fingerprint density at radius 3 is 1.81 bits per heavy atom. The predicted molar refractivity (Wildman–Crippen MR) is 91.5 cm³/mol. The van der Waals surface area contributed by atoms with Crippen molar-refractivity contribution in [2.45, 2.75) is 117 Å².